The summed E-state index contributed by atoms with van der Waals surface area (Å²) in [5, 5.41) is 4.97. The fraction of sp³-hybridized carbons (Fsp3) is 0.0357. The van der Waals surface area contributed by atoms with Crippen molar-refractivity contribution in [3.05, 3.63) is 150 Å². The topological polar surface area (TPSA) is 17.8 Å². The summed E-state index contributed by atoms with van der Waals surface area (Å²) in [6, 6.07) is 39.6. The van der Waals surface area contributed by atoms with Crippen LogP contribution in [0.2, 0.25) is 0 Å². The van der Waals surface area contributed by atoms with Crippen molar-refractivity contribution < 1.29 is 4.39 Å². The van der Waals surface area contributed by atoms with Crippen LogP contribution in [0.5, 0.6) is 0 Å². The summed E-state index contributed by atoms with van der Waals surface area (Å²) in [5.41, 5.74) is 4.10. The fourth-order valence-corrected chi connectivity index (χ4v) is 4.25. The molecule has 4 aromatic carbocycles. The monoisotopic (exact) mass is 404 g/mol. The third-order valence-electron chi connectivity index (χ3n) is 5.63. The van der Waals surface area contributed by atoms with Gasteiger partial charge in [-0.25, -0.2) is 4.39 Å². The van der Waals surface area contributed by atoms with Crippen LogP contribution in [0.3, 0.4) is 0 Å². The highest BCUT2D eigenvalue weighted by molar-refractivity contribution is 5.59. The molecule has 0 spiro atoms. The summed E-state index contributed by atoms with van der Waals surface area (Å²) in [6.07, 6.45) is 1.98. The standard InChI is InChI=1S/C28H21FN2/c29-26-18-10-11-22(21-26)27-19-20-31(30-27)28(23-12-4-1-5-13-23,24-14-6-2-7-15-24)25-16-8-3-9-17-25/h1-21H. The van der Waals surface area contributed by atoms with Crippen LogP contribution in [-0.2, 0) is 5.54 Å². The number of rotatable bonds is 5. The molecule has 0 unspecified atom stereocenters. The van der Waals surface area contributed by atoms with Gasteiger partial charge in [0.1, 0.15) is 11.4 Å². The molecule has 0 radical (unpaired) electrons. The zero-order chi connectivity index (χ0) is 21.1. The van der Waals surface area contributed by atoms with E-state index < -0.39 is 5.54 Å². The van der Waals surface area contributed by atoms with Gasteiger partial charge in [-0.05, 0) is 34.9 Å². The van der Waals surface area contributed by atoms with Crippen LogP contribution >= 0.6 is 0 Å². The fourth-order valence-electron chi connectivity index (χ4n) is 4.25. The number of hydrogen-bond acceptors (Lipinski definition) is 1. The molecule has 0 atom stereocenters. The molecule has 0 saturated carbocycles. The molecule has 0 aliphatic rings. The van der Waals surface area contributed by atoms with Gasteiger partial charge < -0.3 is 0 Å². The summed E-state index contributed by atoms with van der Waals surface area (Å²) in [7, 11) is 0. The van der Waals surface area contributed by atoms with E-state index in [1.165, 1.54) is 12.1 Å². The summed E-state index contributed by atoms with van der Waals surface area (Å²) >= 11 is 0. The van der Waals surface area contributed by atoms with Crippen molar-refractivity contribution in [1.29, 1.82) is 0 Å². The molecule has 0 fully saturated rings. The van der Waals surface area contributed by atoms with Gasteiger partial charge in [-0.15, -0.1) is 0 Å². The maximum absolute atomic E-state index is 13.9. The van der Waals surface area contributed by atoms with E-state index in [1.807, 2.05) is 77.6 Å². The summed E-state index contributed by atoms with van der Waals surface area (Å²) in [4.78, 5) is 0. The SMILES string of the molecule is Fc1cccc(-c2ccn(C(c3ccccc3)(c3ccccc3)c3ccccc3)n2)c1. The van der Waals surface area contributed by atoms with E-state index in [2.05, 4.69) is 36.4 Å². The lowest BCUT2D eigenvalue weighted by Gasteiger charge is -2.36. The number of aromatic nitrogens is 2. The van der Waals surface area contributed by atoms with E-state index in [-0.39, 0.29) is 5.82 Å². The van der Waals surface area contributed by atoms with Crippen molar-refractivity contribution in [3.63, 3.8) is 0 Å². The first-order valence-electron chi connectivity index (χ1n) is 10.3. The van der Waals surface area contributed by atoms with Crippen molar-refractivity contribution in [1.82, 2.24) is 9.78 Å². The number of halogens is 1. The van der Waals surface area contributed by atoms with Gasteiger partial charge in [0.15, 0.2) is 0 Å². The molecule has 0 aliphatic heterocycles. The first-order valence-corrected chi connectivity index (χ1v) is 10.3. The van der Waals surface area contributed by atoms with Crippen LogP contribution in [0.1, 0.15) is 16.7 Å². The largest absolute Gasteiger partial charge is 0.253 e. The molecule has 0 amide bonds. The lowest BCUT2D eigenvalue weighted by molar-refractivity contribution is 0.461. The highest BCUT2D eigenvalue weighted by Crippen LogP contribution is 2.40. The van der Waals surface area contributed by atoms with Gasteiger partial charge >= 0.3 is 0 Å². The molecule has 0 N–H and O–H groups in total. The Hall–Kier alpha value is -3.98. The second kappa shape index (κ2) is 8.04. The number of benzene rings is 4. The lowest BCUT2D eigenvalue weighted by atomic mass is 9.77. The predicted molar refractivity (Wildman–Crippen MR) is 122 cm³/mol. The maximum Gasteiger partial charge on any atom is 0.138 e. The Labute approximate surface area is 181 Å². The zero-order valence-electron chi connectivity index (χ0n) is 16.9. The Morgan fingerprint density at radius 1 is 0.581 bits per heavy atom. The number of hydrogen-bond donors (Lipinski definition) is 0. The Balaban J connectivity index is 1.81. The van der Waals surface area contributed by atoms with Crippen molar-refractivity contribution >= 4 is 0 Å². The molecule has 0 aliphatic carbocycles. The average Bonchev–Trinajstić information content (AvgIpc) is 3.32. The van der Waals surface area contributed by atoms with E-state index >= 15 is 0 Å². The Bertz CT molecular complexity index is 1180. The van der Waals surface area contributed by atoms with Crippen LogP contribution in [-0.4, -0.2) is 9.78 Å². The molecule has 3 heteroatoms. The van der Waals surface area contributed by atoms with Crippen LogP contribution in [0, 0.1) is 5.82 Å². The van der Waals surface area contributed by atoms with Crippen LogP contribution in [0.25, 0.3) is 11.3 Å². The van der Waals surface area contributed by atoms with Gasteiger partial charge in [0.25, 0.3) is 0 Å². The van der Waals surface area contributed by atoms with Crippen molar-refractivity contribution in [2.75, 3.05) is 0 Å². The lowest BCUT2D eigenvalue weighted by Crippen LogP contribution is -2.38. The van der Waals surface area contributed by atoms with E-state index in [0.717, 1.165) is 27.9 Å². The van der Waals surface area contributed by atoms with Crippen LogP contribution in [0.15, 0.2) is 128 Å². The molecule has 5 rings (SSSR count). The van der Waals surface area contributed by atoms with Gasteiger partial charge in [0.2, 0.25) is 0 Å². The maximum atomic E-state index is 13.9. The zero-order valence-corrected chi connectivity index (χ0v) is 16.9. The van der Waals surface area contributed by atoms with Gasteiger partial charge in [0.05, 0.1) is 5.69 Å². The number of nitrogens with zero attached hydrogens (tertiary/aromatic N) is 2. The smallest absolute Gasteiger partial charge is 0.138 e. The minimum atomic E-state index is -0.671. The van der Waals surface area contributed by atoms with Crippen molar-refractivity contribution in [3.8, 4) is 11.3 Å². The van der Waals surface area contributed by atoms with Gasteiger partial charge in [-0.3, -0.25) is 4.68 Å². The van der Waals surface area contributed by atoms with E-state index in [1.54, 1.807) is 6.07 Å². The summed E-state index contributed by atoms with van der Waals surface area (Å²) < 4.78 is 15.8. The third kappa shape index (κ3) is 3.34. The first kappa shape index (κ1) is 19.0. The summed E-state index contributed by atoms with van der Waals surface area (Å²) in [5.74, 6) is -0.271. The molecule has 5 aromatic rings. The molecule has 1 aromatic heterocycles. The average molecular weight is 404 g/mol. The van der Waals surface area contributed by atoms with E-state index in [9.17, 15) is 4.39 Å². The molecule has 150 valence electrons. The van der Waals surface area contributed by atoms with Gasteiger partial charge in [0, 0.05) is 11.8 Å². The van der Waals surface area contributed by atoms with Gasteiger partial charge in [-0.2, -0.15) is 5.10 Å². The van der Waals surface area contributed by atoms with E-state index in [0.29, 0.717) is 0 Å². The highest BCUT2D eigenvalue weighted by atomic mass is 19.1. The van der Waals surface area contributed by atoms with Gasteiger partial charge in [-0.1, -0.05) is 103 Å². The molecule has 31 heavy (non-hydrogen) atoms. The Morgan fingerprint density at radius 3 is 1.58 bits per heavy atom. The van der Waals surface area contributed by atoms with E-state index in [4.69, 9.17) is 5.10 Å². The Morgan fingerprint density at radius 2 is 1.10 bits per heavy atom. The van der Waals surface area contributed by atoms with Crippen LogP contribution < -0.4 is 0 Å². The van der Waals surface area contributed by atoms with Crippen molar-refractivity contribution in [2.24, 2.45) is 0 Å². The summed E-state index contributed by atoms with van der Waals surface area (Å²) in [6.45, 7) is 0. The second-order valence-electron chi connectivity index (χ2n) is 7.46. The van der Waals surface area contributed by atoms with Crippen molar-refractivity contribution in [2.45, 2.75) is 5.54 Å². The molecule has 0 bridgehead atoms. The second-order valence-corrected chi connectivity index (χ2v) is 7.46. The molecular formula is C28H21FN2. The Kier molecular flexibility index (Phi) is 4.93. The minimum absolute atomic E-state index is 0.271. The molecular weight excluding hydrogens is 383 g/mol. The molecule has 2 nitrogen and oxygen atoms in total. The minimum Gasteiger partial charge on any atom is -0.253 e. The highest BCUT2D eigenvalue weighted by Gasteiger charge is 2.39. The molecule has 1 heterocycles. The normalized spacial score (nSPS) is 11.4. The van der Waals surface area contributed by atoms with Crippen LogP contribution in [0.4, 0.5) is 4.39 Å². The first-order chi connectivity index (χ1) is 15.3. The molecule has 0 saturated heterocycles. The quantitative estimate of drug-likeness (QED) is 0.305. The third-order valence-corrected chi connectivity index (χ3v) is 5.63. The predicted octanol–water partition coefficient (Wildman–Crippen LogP) is 6.53.